The first kappa shape index (κ1) is 34.8. The average Bonchev–Trinajstić information content (AvgIpc) is 3.33. The zero-order chi connectivity index (χ0) is 21.1. The van der Waals surface area contributed by atoms with Crippen LogP contribution in [0.4, 0.5) is 13.2 Å². The van der Waals surface area contributed by atoms with Crippen LogP contribution in [0.1, 0.15) is 63.9 Å². The van der Waals surface area contributed by atoms with Crippen LogP contribution < -0.4 is 24.8 Å². The van der Waals surface area contributed by atoms with Gasteiger partial charge in [0.25, 0.3) is 0 Å². The zero-order valence-electron chi connectivity index (χ0n) is 18.2. The SMILES string of the molecule is CCCCCCCCc1cc[cH-]c1.C[Si](=[Zr+2])CCCC(F)(F)F.[Cl-].[Cl-].c1cc[cH-]c1. The Morgan fingerprint density at radius 2 is 1.50 bits per heavy atom. The molecule has 0 heterocycles. The van der Waals surface area contributed by atoms with Crippen LogP contribution in [-0.4, -0.2) is 11.6 Å². The van der Waals surface area contributed by atoms with E-state index in [0.29, 0.717) is 6.42 Å². The van der Waals surface area contributed by atoms with Crippen LogP contribution in [0.2, 0.25) is 12.6 Å². The first-order valence-corrected chi connectivity index (χ1v) is 16.2. The maximum Gasteiger partial charge on any atom is -0.172 e. The fourth-order valence-electron chi connectivity index (χ4n) is 2.56. The van der Waals surface area contributed by atoms with Crippen molar-refractivity contribution in [3.05, 3.63) is 60.2 Å². The molecule has 2 rings (SSSR count). The van der Waals surface area contributed by atoms with E-state index in [4.69, 9.17) is 0 Å². The molecule has 0 unspecified atom stereocenters. The summed E-state index contributed by atoms with van der Waals surface area (Å²) in [5.41, 5.74) is 1.14. The number of alkyl halides is 3. The van der Waals surface area contributed by atoms with Crippen molar-refractivity contribution in [1.29, 1.82) is 0 Å². The molecule has 0 N–H and O–H groups in total. The molecule has 2 aromatic carbocycles. The van der Waals surface area contributed by atoms with Gasteiger partial charge in [0.2, 0.25) is 0 Å². The molecule has 30 heavy (non-hydrogen) atoms. The van der Waals surface area contributed by atoms with Crippen molar-refractivity contribution in [3.8, 4) is 0 Å². The molecule has 0 saturated heterocycles. The van der Waals surface area contributed by atoms with Gasteiger partial charge in [-0.25, -0.2) is 18.2 Å². The Bertz CT molecular complexity index is 538. The van der Waals surface area contributed by atoms with Gasteiger partial charge in [0.15, 0.2) is 0 Å². The molecule has 0 spiro atoms. The number of halogens is 5. The summed E-state index contributed by atoms with van der Waals surface area (Å²) in [6.07, 6.45) is 5.47. The predicted molar refractivity (Wildman–Crippen MR) is 113 cm³/mol. The molecule has 0 aliphatic heterocycles. The van der Waals surface area contributed by atoms with Gasteiger partial charge < -0.3 is 24.8 Å². The second-order valence-corrected chi connectivity index (χ2v) is 15.4. The van der Waals surface area contributed by atoms with E-state index in [2.05, 4.69) is 37.7 Å². The quantitative estimate of drug-likeness (QED) is 0.239. The molecule has 0 saturated carbocycles. The van der Waals surface area contributed by atoms with E-state index in [1.165, 1.54) is 73.8 Å². The molecule has 7 heteroatoms. The maximum atomic E-state index is 11.5. The second-order valence-electron chi connectivity index (χ2n) is 7.02. The minimum Gasteiger partial charge on any atom is -1.00 e. The normalized spacial score (nSPS) is 9.83. The van der Waals surface area contributed by atoms with E-state index < -0.39 is 12.6 Å². The van der Waals surface area contributed by atoms with E-state index in [-0.39, 0.29) is 30.2 Å². The maximum absolute atomic E-state index is 11.5. The van der Waals surface area contributed by atoms with Crippen molar-refractivity contribution in [2.24, 2.45) is 0 Å². The van der Waals surface area contributed by atoms with Gasteiger partial charge in [0.05, 0.1) is 0 Å². The summed E-state index contributed by atoms with van der Waals surface area (Å²) in [5, 5.41) is 0. The van der Waals surface area contributed by atoms with Crippen LogP contribution in [-0.2, 0) is 29.8 Å². The standard InChI is InChI=1S/C13H21.C5H9F3Si.C5H5.2ClH.Zr/c1-2-3-4-5-6-7-10-13-11-8-9-12-13;1-9-4-2-3-5(6,7)8;1-2-4-5-3-1;;;/h8-9,11-12H,2-7,10H2,1H3;2-4H2,1H3;1-5H;2*1H;/q-1;;-1;;;+2/p-2. The number of hydrogen-bond donors (Lipinski definition) is 0. The molecule has 0 atom stereocenters. The van der Waals surface area contributed by atoms with Gasteiger partial charge in [-0.05, 0) is 0 Å². The summed E-state index contributed by atoms with van der Waals surface area (Å²) in [5.74, 6) is 0. The average molecular weight is 559 g/mol. The summed E-state index contributed by atoms with van der Waals surface area (Å²) in [4.78, 5) is 0. The van der Waals surface area contributed by atoms with Crippen LogP contribution in [0.15, 0.2) is 54.6 Å². The van der Waals surface area contributed by atoms with Crippen molar-refractivity contribution >= 4 is 5.43 Å². The topological polar surface area (TPSA) is 0 Å². The molecule has 0 aliphatic rings. The van der Waals surface area contributed by atoms with Gasteiger partial charge in [-0.1, -0.05) is 51.9 Å². The van der Waals surface area contributed by atoms with Crippen molar-refractivity contribution in [2.45, 2.75) is 83.5 Å². The molecule has 0 fully saturated rings. The Balaban J connectivity index is -0.000000382. The Morgan fingerprint density at radius 1 is 0.900 bits per heavy atom. The van der Waals surface area contributed by atoms with Gasteiger partial charge >= 0.3 is 73.5 Å². The van der Waals surface area contributed by atoms with Gasteiger partial charge in [-0.2, -0.15) is 42.0 Å². The Morgan fingerprint density at radius 3 is 1.93 bits per heavy atom. The van der Waals surface area contributed by atoms with Gasteiger partial charge in [0.1, 0.15) is 0 Å². The molecule has 0 nitrogen and oxygen atoms in total. The fourth-order valence-corrected chi connectivity index (χ4v) is 4.58. The number of unbranched alkanes of at least 4 members (excludes halogenated alkanes) is 5. The summed E-state index contributed by atoms with van der Waals surface area (Å²) in [6.45, 7) is 4.34. The van der Waals surface area contributed by atoms with Gasteiger partial charge in [-0.3, -0.25) is 0 Å². The first-order chi connectivity index (χ1) is 13.3. The largest absolute Gasteiger partial charge is 1.00 e. The Kier molecular flexibility index (Phi) is 27.6. The fraction of sp³-hybridized carbons (Fsp3) is 0.565. The molecular formula is C23H35Cl2F3SiZr-2. The zero-order valence-corrected chi connectivity index (χ0v) is 23.1. The summed E-state index contributed by atoms with van der Waals surface area (Å²) in [6, 6.07) is 19.5. The van der Waals surface area contributed by atoms with E-state index >= 15 is 0 Å². The van der Waals surface area contributed by atoms with Crippen LogP contribution >= 0.6 is 0 Å². The van der Waals surface area contributed by atoms with Crippen LogP contribution in [0.25, 0.3) is 0 Å². The first-order valence-electron chi connectivity index (χ1n) is 10.3. The number of hydrogen-bond acceptors (Lipinski definition) is 0. The molecule has 0 radical (unpaired) electrons. The Labute approximate surface area is 209 Å². The minimum atomic E-state index is -3.94. The van der Waals surface area contributed by atoms with Crippen LogP contribution in [0.3, 0.4) is 0 Å². The van der Waals surface area contributed by atoms with E-state index in [1.54, 1.807) is 0 Å². The molecular weight excluding hydrogens is 523 g/mol. The molecule has 0 aromatic heterocycles. The second kappa shape index (κ2) is 23.8. The van der Waals surface area contributed by atoms with E-state index in [1.807, 2.05) is 30.3 Å². The molecule has 0 bridgehead atoms. The van der Waals surface area contributed by atoms with Crippen molar-refractivity contribution in [3.63, 3.8) is 0 Å². The third-order valence-corrected chi connectivity index (χ3v) is 7.07. The van der Waals surface area contributed by atoms with Crippen LogP contribution in [0.5, 0.6) is 0 Å². The summed E-state index contributed by atoms with van der Waals surface area (Å²) < 4.78 is 34.6. The summed E-state index contributed by atoms with van der Waals surface area (Å²) >= 11 is 1.43. The number of rotatable bonds is 10. The van der Waals surface area contributed by atoms with E-state index in [0.717, 1.165) is 6.04 Å². The third kappa shape index (κ3) is 28.2. The van der Waals surface area contributed by atoms with E-state index in [9.17, 15) is 13.2 Å². The van der Waals surface area contributed by atoms with Crippen molar-refractivity contribution in [2.75, 3.05) is 0 Å². The van der Waals surface area contributed by atoms with Gasteiger partial charge in [0, 0.05) is 0 Å². The third-order valence-electron chi connectivity index (χ3n) is 4.12. The van der Waals surface area contributed by atoms with Crippen molar-refractivity contribution < 1.29 is 61.3 Å². The minimum absolute atomic E-state index is 0. The number of aryl methyl sites for hydroxylation is 1. The molecule has 0 amide bonds. The predicted octanol–water partition coefficient (Wildman–Crippen LogP) is 2.22. The van der Waals surface area contributed by atoms with Crippen molar-refractivity contribution in [1.82, 2.24) is 0 Å². The summed E-state index contributed by atoms with van der Waals surface area (Å²) in [7, 11) is 0. The molecule has 0 aliphatic carbocycles. The molecule has 172 valence electrons. The Hall–Kier alpha value is 0.170. The van der Waals surface area contributed by atoms with Gasteiger partial charge in [-0.15, -0.1) is 0 Å². The molecule has 2 aromatic rings. The van der Waals surface area contributed by atoms with Crippen LogP contribution in [0, 0.1) is 0 Å². The smallest absolute Gasteiger partial charge is 0.172 e. The monoisotopic (exact) mass is 556 g/mol.